The molecule has 4 nitrogen and oxygen atoms in total. The van der Waals surface area contributed by atoms with Crippen LogP contribution in [0.15, 0.2) is 67.0 Å². The number of carbonyl (C=O) groups excluding carboxylic acids is 1. The first-order valence-corrected chi connectivity index (χ1v) is 8.58. The van der Waals surface area contributed by atoms with E-state index in [9.17, 15) is 4.79 Å². The Morgan fingerprint density at radius 3 is 2.58 bits per heavy atom. The Bertz CT molecular complexity index is 927. The number of aromatic nitrogens is 1. The predicted molar refractivity (Wildman–Crippen MR) is 104 cm³/mol. The summed E-state index contributed by atoms with van der Waals surface area (Å²) in [5, 5.41) is 0.516. The number of halogens is 1. The van der Waals surface area contributed by atoms with Gasteiger partial charge in [-0.25, -0.2) is 0 Å². The average Bonchev–Trinajstić information content (AvgIpc) is 2.67. The molecule has 0 atom stereocenters. The molecule has 132 valence electrons. The van der Waals surface area contributed by atoms with Crippen LogP contribution in [0.25, 0.3) is 0 Å². The Kier molecular flexibility index (Phi) is 5.54. The van der Waals surface area contributed by atoms with Gasteiger partial charge >= 0.3 is 0 Å². The lowest BCUT2D eigenvalue weighted by molar-refractivity contribution is 0.0984. The zero-order valence-corrected chi connectivity index (χ0v) is 15.4. The maximum absolute atomic E-state index is 13.3. The molecule has 2 aromatic carbocycles. The van der Waals surface area contributed by atoms with Crippen LogP contribution in [-0.2, 0) is 6.54 Å². The number of benzene rings is 2. The fourth-order valence-electron chi connectivity index (χ4n) is 2.80. The summed E-state index contributed by atoms with van der Waals surface area (Å²) >= 11 is 6.39. The first-order valence-electron chi connectivity index (χ1n) is 8.20. The number of pyridine rings is 1. The number of carbonyl (C=O) groups is 1. The van der Waals surface area contributed by atoms with Crippen molar-refractivity contribution in [1.82, 2.24) is 4.98 Å². The summed E-state index contributed by atoms with van der Waals surface area (Å²) in [6.07, 6.45) is 3.30. The third kappa shape index (κ3) is 3.70. The summed E-state index contributed by atoms with van der Waals surface area (Å²) in [5.74, 6) is 0.590. The molecule has 0 aliphatic carbocycles. The summed E-state index contributed by atoms with van der Waals surface area (Å²) in [7, 11) is 1.62. The Balaban J connectivity index is 2.07. The number of rotatable bonds is 5. The zero-order valence-electron chi connectivity index (χ0n) is 14.6. The van der Waals surface area contributed by atoms with Crippen LogP contribution in [-0.4, -0.2) is 18.0 Å². The third-order valence-electron chi connectivity index (χ3n) is 4.16. The summed E-state index contributed by atoms with van der Waals surface area (Å²) in [6, 6.07) is 16.7. The van der Waals surface area contributed by atoms with Crippen LogP contribution in [0.4, 0.5) is 5.69 Å². The molecule has 5 heteroatoms. The molecule has 3 rings (SSSR count). The average molecular weight is 367 g/mol. The van der Waals surface area contributed by atoms with Gasteiger partial charge in [-0.2, -0.15) is 0 Å². The maximum atomic E-state index is 13.3. The zero-order chi connectivity index (χ0) is 18.5. The fourth-order valence-corrected chi connectivity index (χ4v) is 3.04. The van der Waals surface area contributed by atoms with Gasteiger partial charge in [0, 0.05) is 23.5 Å². The molecule has 1 aromatic heterocycles. The number of hydrogen-bond donors (Lipinski definition) is 0. The van der Waals surface area contributed by atoms with E-state index in [2.05, 4.69) is 4.98 Å². The first-order chi connectivity index (χ1) is 12.6. The quantitative estimate of drug-likeness (QED) is 0.645. The standard InChI is InChI=1S/C21H19ClN2O2/c1-15-13-23-12-11-17(15)21(25)24(19-9-5-4-8-18(19)22)14-16-7-3-6-10-20(16)26-2/h3-13H,14H2,1-2H3. The summed E-state index contributed by atoms with van der Waals surface area (Å²) < 4.78 is 5.44. The lowest BCUT2D eigenvalue weighted by atomic mass is 10.1. The SMILES string of the molecule is COc1ccccc1CN(C(=O)c1ccncc1C)c1ccccc1Cl. The van der Waals surface area contributed by atoms with E-state index in [1.54, 1.807) is 36.5 Å². The molecule has 0 aliphatic rings. The normalized spacial score (nSPS) is 10.4. The van der Waals surface area contributed by atoms with Crippen LogP contribution in [0.3, 0.4) is 0 Å². The summed E-state index contributed by atoms with van der Waals surface area (Å²) in [6.45, 7) is 2.21. The van der Waals surface area contributed by atoms with E-state index in [4.69, 9.17) is 16.3 Å². The lowest BCUT2D eigenvalue weighted by Gasteiger charge is -2.25. The van der Waals surface area contributed by atoms with E-state index in [1.165, 1.54) is 0 Å². The number of methoxy groups -OCH3 is 1. The van der Waals surface area contributed by atoms with Gasteiger partial charge in [0.15, 0.2) is 0 Å². The molecule has 0 bridgehead atoms. The second-order valence-corrected chi connectivity index (χ2v) is 6.25. The number of anilines is 1. The number of amides is 1. The smallest absolute Gasteiger partial charge is 0.259 e. The third-order valence-corrected chi connectivity index (χ3v) is 4.48. The molecule has 1 amide bonds. The second kappa shape index (κ2) is 8.02. The second-order valence-electron chi connectivity index (χ2n) is 5.85. The van der Waals surface area contributed by atoms with Crippen molar-refractivity contribution < 1.29 is 9.53 Å². The van der Waals surface area contributed by atoms with Crippen LogP contribution in [0.1, 0.15) is 21.5 Å². The van der Waals surface area contributed by atoms with Gasteiger partial charge in [0.25, 0.3) is 5.91 Å². The van der Waals surface area contributed by atoms with Gasteiger partial charge in [0.2, 0.25) is 0 Å². The fraction of sp³-hybridized carbons (Fsp3) is 0.143. The highest BCUT2D eigenvalue weighted by molar-refractivity contribution is 6.34. The highest BCUT2D eigenvalue weighted by Crippen LogP contribution is 2.30. The van der Waals surface area contributed by atoms with Crippen LogP contribution in [0, 0.1) is 6.92 Å². The topological polar surface area (TPSA) is 42.4 Å². The van der Waals surface area contributed by atoms with Crippen molar-refractivity contribution in [1.29, 1.82) is 0 Å². The van der Waals surface area contributed by atoms with Gasteiger partial charge in [0.05, 0.1) is 24.4 Å². The summed E-state index contributed by atoms with van der Waals surface area (Å²) in [5.41, 5.74) is 2.96. The number of ether oxygens (including phenoxy) is 1. The van der Waals surface area contributed by atoms with E-state index in [0.717, 1.165) is 16.9 Å². The van der Waals surface area contributed by atoms with E-state index < -0.39 is 0 Å². The van der Waals surface area contributed by atoms with Crippen LogP contribution < -0.4 is 9.64 Å². The van der Waals surface area contributed by atoms with Crippen LogP contribution in [0.2, 0.25) is 5.02 Å². The van der Waals surface area contributed by atoms with Crippen molar-refractivity contribution in [3.05, 3.63) is 88.7 Å². The molecule has 1 heterocycles. The first kappa shape index (κ1) is 18.0. The molecule has 0 unspecified atom stereocenters. The van der Waals surface area contributed by atoms with E-state index in [1.807, 2.05) is 49.4 Å². The monoisotopic (exact) mass is 366 g/mol. The predicted octanol–water partition coefficient (Wildman–Crippen LogP) is 4.90. The Labute approximate surface area is 158 Å². The maximum Gasteiger partial charge on any atom is 0.259 e. The number of nitrogens with zero attached hydrogens (tertiary/aromatic N) is 2. The molecule has 0 saturated heterocycles. The number of aryl methyl sites for hydroxylation is 1. The molecular formula is C21H19ClN2O2. The van der Waals surface area contributed by atoms with E-state index >= 15 is 0 Å². The van der Waals surface area contributed by atoms with Gasteiger partial charge in [-0.3, -0.25) is 9.78 Å². The molecular weight excluding hydrogens is 348 g/mol. The number of para-hydroxylation sites is 2. The van der Waals surface area contributed by atoms with Crippen molar-refractivity contribution in [2.45, 2.75) is 13.5 Å². The van der Waals surface area contributed by atoms with Crippen LogP contribution >= 0.6 is 11.6 Å². The van der Waals surface area contributed by atoms with Crippen molar-refractivity contribution in [3.8, 4) is 5.75 Å². The van der Waals surface area contributed by atoms with Gasteiger partial charge in [-0.05, 0) is 36.8 Å². The van der Waals surface area contributed by atoms with Crippen LogP contribution in [0.5, 0.6) is 5.75 Å². The molecule has 0 fully saturated rings. The highest BCUT2D eigenvalue weighted by Gasteiger charge is 2.22. The van der Waals surface area contributed by atoms with Crippen molar-refractivity contribution in [3.63, 3.8) is 0 Å². The lowest BCUT2D eigenvalue weighted by Crippen LogP contribution is -2.31. The summed E-state index contributed by atoms with van der Waals surface area (Å²) in [4.78, 5) is 19.1. The minimum atomic E-state index is -0.135. The Morgan fingerprint density at radius 2 is 1.85 bits per heavy atom. The Hall–Kier alpha value is -2.85. The molecule has 0 saturated carbocycles. The molecule has 3 aromatic rings. The van der Waals surface area contributed by atoms with Crippen molar-refractivity contribution in [2.24, 2.45) is 0 Å². The van der Waals surface area contributed by atoms with Gasteiger partial charge in [0.1, 0.15) is 5.75 Å². The van der Waals surface area contributed by atoms with Crippen molar-refractivity contribution >= 4 is 23.2 Å². The molecule has 26 heavy (non-hydrogen) atoms. The van der Waals surface area contributed by atoms with Gasteiger partial charge < -0.3 is 9.64 Å². The largest absolute Gasteiger partial charge is 0.496 e. The molecule has 0 radical (unpaired) electrons. The molecule has 0 aliphatic heterocycles. The van der Waals surface area contributed by atoms with Gasteiger partial charge in [-0.15, -0.1) is 0 Å². The Morgan fingerprint density at radius 1 is 1.12 bits per heavy atom. The van der Waals surface area contributed by atoms with E-state index in [-0.39, 0.29) is 5.91 Å². The van der Waals surface area contributed by atoms with E-state index in [0.29, 0.717) is 22.8 Å². The van der Waals surface area contributed by atoms with Gasteiger partial charge in [-0.1, -0.05) is 41.9 Å². The highest BCUT2D eigenvalue weighted by atomic mass is 35.5. The molecule has 0 spiro atoms. The number of hydrogen-bond acceptors (Lipinski definition) is 3. The minimum absolute atomic E-state index is 0.135. The minimum Gasteiger partial charge on any atom is -0.496 e. The molecule has 0 N–H and O–H groups in total. The van der Waals surface area contributed by atoms with Crippen molar-refractivity contribution in [2.75, 3.05) is 12.0 Å².